The second-order valence-electron chi connectivity index (χ2n) is 6.43. The number of carbonyl (C=O) groups is 1. The first-order chi connectivity index (χ1) is 11.7. The molecule has 0 bridgehead atoms. The Balaban J connectivity index is 1.57. The van der Waals surface area contributed by atoms with Gasteiger partial charge in [0.25, 0.3) is 5.91 Å². The van der Waals surface area contributed by atoms with Crippen LogP contribution in [0.2, 0.25) is 0 Å². The first-order valence-corrected chi connectivity index (χ1v) is 8.41. The van der Waals surface area contributed by atoms with Gasteiger partial charge in [0, 0.05) is 25.8 Å². The lowest BCUT2D eigenvalue weighted by Crippen LogP contribution is -2.48. The van der Waals surface area contributed by atoms with Gasteiger partial charge in [0.1, 0.15) is 11.9 Å². The maximum absolute atomic E-state index is 14.2. The number of carbonyl (C=O) groups excluding carboxylic acids is 1. The summed E-state index contributed by atoms with van der Waals surface area (Å²) in [5, 5.41) is 0. The van der Waals surface area contributed by atoms with Crippen molar-refractivity contribution in [2.75, 3.05) is 51.0 Å². The molecule has 1 amide bonds. The molecule has 1 saturated carbocycles. The monoisotopic (exact) mass is 336 g/mol. The summed E-state index contributed by atoms with van der Waals surface area (Å²) < 4.78 is 25.1. The molecule has 7 nitrogen and oxygen atoms in total. The lowest BCUT2D eigenvalue weighted by atomic mass is 10.1. The highest BCUT2D eigenvalue weighted by Gasteiger charge is 2.54. The fourth-order valence-electron chi connectivity index (χ4n) is 3.13. The zero-order chi connectivity index (χ0) is 16.6. The maximum Gasteiger partial charge on any atom is 0.261 e. The van der Waals surface area contributed by atoms with E-state index in [0.29, 0.717) is 51.6 Å². The Labute approximate surface area is 139 Å². The topological polar surface area (TPSA) is 67.8 Å². The van der Waals surface area contributed by atoms with E-state index in [1.165, 1.54) is 0 Å². The average molecular weight is 336 g/mol. The number of hydrogen-bond acceptors (Lipinski definition) is 6. The number of alkyl halides is 1. The number of amides is 1. The van der Waals surface area contributed by atoms with Crippen molar-refractivity contribution in [1.29, 1.82) is 0 Å². The molecule has 1 atom stereocenters. The molecule has 1 aliphatic carbocycles. The van der Waals surface area contributed by atoms with Gasteiger partial charge in [-0.2, -0.15) is 0 Å². The molecular weight excluding hydrogens is 315 g/mol. The number of halogens is 1. The number of morpholine rings is 2. The third-order valence-electron chi connectivity index (χ3n) is 4.75. The fourth-order valence-corrected chi connectivity index (χ4v) is 3.13. The number of anilines is 1. The molecule has 3 aliphatic rings. The summed E-state index contributed by atoms with van der Waals surface area (Å²) in [6.45, 7) is 3.97. The molecule has 0 radical (unpaired) electrons. The predicted octanol–water partition coefficient (Wildman–Crippen LogP) is 0.715. The largest absolute Gasteiger partial charge is 0.378 e. The Morgan fingerprint density at radius 2 is 1.96 bits per heavy atom. The number of hydrogen-bond donors (Lipinski definition) is 0. The number of ether oxygens (including phenoxy) is 2. The lowest BCUT2D eigenvalue weighted by Gasteiger charge is -2.36. The second kappa shape index (κ2) is 6.25. The average Bonchev–Trinajstić information content (AvgIpc) is 3.41. The predicted molar refractivity (Wildman–Crippen MR) is 83.4 cm³/mol. The summed E-state index contributed by atoms with van der Waals surface area (Å²) in [4.78, 5) is 25.1. The van der Waals surface area contributed by atoms with Gasteiger partial charge in [-0.3, -0.25) is 4.79 Å². The zero-order valence-electron chi connectivity index (χ0n) is 13.5. The first kappa shape index (κ1) is 15.7. The number of rotatable bonds is 3. The summed E-state index contributed by atoms with van der Waals surface area (Å²) in [5.74, 6) is 0.870. The van der Waals surface area contributed by atoms with Crippen molar-refractivity contribution in [3.8, 4) is 0 Å². The molecule has 3 heterocycles. The quantitative estimate of drug-likeness (QED) is 0.810. The molecule has 0 aromatic carbocycles. The smallest absolute Gasteiger partial charge is 0.261 e. The van der Waals surface area contributed by atoms with E-state index in [9.17, 15) is 9.18 Å². The van der Waals surface area contributed by atoms with Gasteiger partial charge in [-0.25, -0.2) is 14.4 Å². The normalized spacial score (nSPS) is 26.3. The van der Waals surface area contributed by atoms with Crippen molar-refractivity contribution in [1.82, 2.24) is 14.9 Å². The third kappa shape index (κ3) is 2.95. The van der Waals surface area contributed by atoms with Crippen molar-refractivity contribution >= 4 is 11.7 Å². The molecule has 4 rings (SSSR count). The molecule has 0 N–H and O–H groups in total. The van der Waals surface area contributed by atoms with Crippen LogP contribution in [0, 0.1) is 0 Å². The van der Waals surface area contributed by atoms with Crippen LogP contribution in [-0.4, -0.2) is 72.5 Å². The van der Waals surface area contributed by atoms with Crippen molar-refractivity contribution in [2.45, 2.75) is 24.6 Å². The van der Waals surface area contributed by atoms with Crippen molar-refractivity contribution < 1.29 is 18.7 Å². The Hall–Kier alpha value is -1.80. The van der Waals surface area contributed by atoms with Crippen LogP contribution >= 0.6 is 0 Å². The third-order valence-corrected chi connectivity index (χ3v) is 4.75. The van der Waals surface area contributed by atoms with Crippen LogP contribution in [0.15, 0.2) is 12.3 Å². The molecule has 130 valence electrons. The lowest BCUT2D eigenvalue weighted by molar-refractivity contribution is -0.147. The van der Waals surface area contributed by atoms with Crippen LogP contribution < -0.4 is 4.90 Å². The second-order valence-corrected chi connectivity index (χ2v) is 6.43. The van der Waals surface area contributed by atoms with Crippen LogP contribution in [0.3, 0.4) is 0 Å². The maximum atomic E-state index is 14.2. The molecule has 8 heteroatoms. The zero-order valence-corrected chi connectivity index (χ0v) is 13.5. The molecule has 3 fully saturated rings. The SMILES string of the molecule is O=C(N1CCOC[C@H]1c1nccc(N2CCOCC2)n1)C1(F)CC1. The van der Waals surface area contributed by atoms with Gasteiger partial charge in [-0.1, -0.05) is 0 Å². The van der Waals surface area contributed by atoms with E-state index >= 15 is 0 Å². The Bertz CT molecular complexity index is 619. The van der Waals surface area contributed by atoms with Crippen LogP contribution in [-0.2, 0) is 14.3 Å². The van der Waals surface area contributed by atoms with Gasteiger partial charge in [0.15, 0.2) is 11.5 Å². The van der Waals surface area contributed by atoms with Crippen LogP contribution in [0.5, 0.6) is 0 Å². The van der Waals surface area contributed by atoms with Gasteiger partial charge in [-0.15, -0.1) is 0 Å². The van der Waals surface area contributed by atoms with E-state index in [4.69, 9.17) is 9.47 Å². The van der Waals surface area contributed by atoms with E-state index in [-0.39, 0.29) is 0 Å². The van der Waals surface area contributed by atoms with Crippen LogP contribution in [0.25, 0.3) is 0 Å². The minimum Gasteiger partial charge on any atom is -0.378 e. The van der Waals surface area contributed by atoms with Crippen molar-refractivity contribution in [3.05, 3.63) is 18.1 Å². The molecule has 2 saturated heterocycles. The molecule has 2 aliphatic heterocycles. The number of aromatic nitrogens is 2. The first-order valence-electron chi connectivity index (χ1n) is 8.41. The molecule has 0 unspecified atom stereocenters. The Morgan fingerprint density at radius 1 is 1.21 bits per heavy atom. The van der Waals surface area contributed by atoms with E-state index in [1.807, 2.05) is 6.07 Å². The van der Waals surface area contributed by atoms with E-state index in [1.54, 1.807) is 11.1 Å². The molecular formula is C16H21FN4O3. The Morgan fingerprint density at radius 3 is 2.71 bits per heavy atom. The van der Waals surface area contributed by atoms with Crippen molar-refractivity contribution in [2.24, 2.45) is 0 Å². The highest BCUT2D eigenvalue weighted by Crippen LogP contribution is 2.43. The fraction of sp³-hybridized carbons (Fsp3) is 0.688. The standard InChI is InChI=1S/C16H21FN4O3/c17-16(2-3-16)15(22)21-7-10-24-11-12(21)14-18-4-1-13(19-14)20-5-8-23-9-6-20/h1,4,12H,2-3,5-11H2/t12-/m0/s1. The van der Waals surface area contributed by atoms with Gasteiger partial charge in [0.05, 0.1) is 26.4 Å². The summed E-state index contributed by atoms with van der Waals surface area (Å²) in [7, 11) is 0. The van der Waals surface area contributed by atoms with Crippen molar-refractivity contribution in [3.63, 3.8) is 0 Å². The van der Waals surface area contributed by atoms with Gasteiger partial charge in [-0.05, 0) is 18.9 Å². The van der Waals surface area contributed by atoms with Crippen LogP contribution in [0.4, 0.5) is 10.2 Å². The van der Waals surface area contributed by atoms with E-state index in [2.05, 4.69) is 14.9 Å². The molecule has 1 aromatic heterocycles. The van der Waals surface area contributed by atoms with Gasteiger partial charge in [0.2, 0.25) is 0 Å². The van der Waals surface area contributed by atoms with E-state index < -0.39 is 17.6 Å². The van der Waals surface area contributed by atoms with E-state index in [0.717, 1.165) is 18.9 Å². The highest BCUT2D eigenvalue weighted by molar-refractivity contribution is 5.88. The minimum absolute atomic E-state index is 0.300. The summed E-state index contributed by atoms with van der Waals surface area (Å²) >= 11 is 0. The molecule has 1 aromatic rings. The molecule has 0 spiro atoms. The number of nitrogens with zero attached hydrogens (tertiary/aromatic N) is 4. The summed E-state index contributed by atoms with van der Waals surface area (Å²) in [5.41, 5.74) is -1.68. The van der Waals surface area contributed by atoms with Gasteiger partial charge < -0.3 is 19.3 Å². The minimum atomic E-state index is -1.68. The summed E-state index contributed by atoms with van der Waals surface area (Å²) in [6, 6.07) is 1.42. The molecule has 24 heavy (non-hydrogen) atoms. The van der Waals surface area contributed by atoms with Crippen LogP contribution in [0.1, 0.15) is 24.7 Å². The summed E-state index contributed by atoms with van der Waals surface area (Å²) in [6.07, 6.45) is 2.31. The Kier molecular flexibility index (Phi) is 4.09. The van der Waals surface area contributed by atoms with Gasteiger partial charge >= 0.3 is 0 Å². The highest BCUT2D eigenvalue weighted by atomic mass is 19.1.